The van der Waals surface area contributed by atoms with Gasteiger partial charge in [0.1, 0.15) is 0 Å². The summed E-state index contributed by atoms with van der Waals surface area (Å²) >= 11 is 0. The Kier molecular flexibility index (Phi) is 5.36. The van der Waals surface area contributed by atoms with Crippen LogP contribution in [-0.4, -0.2) is 30.8 Å². The first-order valence-corrected chi connectivity index (χ1v) is 8.18. The van der Waals surface area contributed by atoms with Crippen LogP contribution in [0.15, 0.2) is 36.3 Å². The Balaban J connectivity index is 2.29. The molecule has 1 N–H and O–H groups in total. The molecule has 128 valence electrons. The van der Waals surface area contributed by atoms with Gasteiger partial charge in [0.15, 0.2) is 0 Å². The van der Waals surface area contributed by atoms with Crippen LogP contribution in [0, 0.1) is 0 Å². The van der Waals surface area contributed by atoms with Crippen molar-refractivity contribution in [2.45, 2.75) is 45.8 Å². The molecular formula is C19H26BNO3. The van der Waals surface area contributed by atoms with Crippen LogP contribution in [0.5, 0.6) is 0 Å². The van der Waals surface area contributed by atoms with Crippen molar-refractivity contribution >= 4 is 25.2 Å². The minimum atomic E-state index is -0.485. The van der Waals surface area contributed by atoms with Gasteiger partial charge in [-0.1, -0.05) is 43.0 Å². The van der Waals surface area contributed by atoms with E-state index < -0.39 is 18.3 Å². The van der Waals surface area contributed by atoms with Crippen LogP contribution in [0.1, 0.15) is 45.7 Å². The van der Waals surface area contributed by atoms with Gasteiger partial charge in [0.25, 0.3) is 0 Å². The van der Waals surface area contributed by atoms with Gasteiger partial charge in [-0.25, -0.2) is 0 Å². The second-order valence-electron chi connectivity index (χ2n) is 7.09. The van der Waals surface area contributed by atoms with E-state index in [-0.39, 0.29) is 5.91 Å². The second-order valence-corrected chi connectivity index (χ2v) is 7.09. The largest absolute Gasteiger partial charge is 0.492 e. The monoisotopic (exact) mass is 327 g/mol. The number of carbonyl (C=O) groups is 1. The first-order chi connectivity index (χ1) is 11.1. The highest BCUT2D eigenvalue weighted by atomic mass is 16.7. The number of benzene rings is 1. The van der Waals surface area contributed by atoms with Crippen LogP contribution in [0.2, 0.25) is 0 Å². The lowest BCUT2D eigenvalue weighted by Gasteiger charge is -2.32. The fourth-order valence-electron chi connectivity index (χ4n) is 2.37. The van der Waals surface area contributed by atoms with Gasteiger partial charge < -0.3 is 14.6 Å². The average molecular weight is 327 g/mol. The van der Waals surface area contributed by atoms with E-state index in [1.54, 1.807) is 6.08 Å². The predicted octanol–water partition coefficient (Wildman–Crippen LogP) is 3.48. The van der Waals surface area contributed by atoms with E-state index in [4.69, 9.17) is 9.31 Å². The molecule has 2 rings (SSSR count). The molecule has 0 spiro atoms. The van der Waals surface area contributed by atoms with E-state index in [2.05, 4.69) is 11.9 Å². The van der Waals surface area contributed by atoms with Crippen molar-refractivity contribution in [2.75, 3.05) is 6.54 Å². The Bertz CT molecular complexity index is 631. The van der Waals surface area contributed by atoms with Gasteiger partial charge in [0.2, 0.25) is 5.91 Å². The summed E-state index contributed by atoms with van der Waals surface area (Å²) in [6.45, 7) is 13.7. The molecule has 1 fully saturated rings. The summed E-state index contributed by atoms with van der Waals surface area (Å²) in [6, 6.07) is 8.02. The number of rotatable bonds is 5. The lowest BCUT2D eigenvalue weighted by Crippen LogP contribution is -2.41. The Morgan fingerprint density at radius 2 is 1.62 bits per heavy atom. The van der Waals surface area contributed by atoms with Crippen LogP contribution in [0.25, 0.3) is 12.2 Å². The van der Waals surface area contributed by atoms with Gasteiger partial charge >= 0.3 is 7.12 Å². The molecule has 1 aliphatic rings. The number of hydrogen-bond donors (Lipinski definition) is 1. The van der Waals surface area contributed by atoms with Gasteiger partial charge in [-0.3, -0.25) is 4.79 Å². The third-order valence-corrected chi connectivity index (χ3v) is 4.62. The van der Waals surface area contributed by atoms with Crippen molar-refractivity contribution in [3.8, 4) is 0 Å². The molecule has 24 heavy (non-hydrogen) atoms. The average Bonchev–Trinajstić information content (AvgIpc) is 2.72. The fraction of sp³-hybridized carbons (Fsp3) is 0.421. The molecule has 1 aromatic carbocycles. The Morgan fingerprint density at radius 3 is 2.08 bits per heavy atom. The fourth-order valence-corrected chi connectivity index (χ4v) is 2.37. The Hall–Kier alpha value is -1.85. The number of hydrogen-bond acceptors (Lipinski definition) is 3. The van der Waals surface area contributed by atoms with Crippen molar-refractivity contribution in [1.29, 1.82) is 0 Å². The van der Waals surface area contributed by atoms with Crippen molar-refractivity contribution in [2.24, 2.45) is 0 Å². The summed E-state index contributed by atoms with van der Waals surface area (Å²) in [5.74, 6) is -0.0839. The smallest absolute Gasteiger partial charge is 0.400 e. The highest BCUT2D eigenvalue weighted by molar-refractivity contribution is 6.56. The molecule has 1 saturated heterocycles. The van der Waals surface area contributed by atoms with Crippen molar-refractivity contribution in [3.05, 3.63) is 47.4 Å². The minimum Gasteiger partial charge on any atom is -0.400 e. The molecule has 0 radical (unpaired) electrons. The molecule has 0 saturated carbocycles. The third kappa shape index (κ3) is 4.16. The van der Waals surface area contributed by atoms with Crippen LogP contribution in [-0.2, 0) is 14.1 Å². The molecule has 1 aliphatic heterocycles. The highest BCUT2D eigenvalue weighted by Gasteiger charge is 2.52. The molecule has 1 amide bonds. The molecule has 0 bridgehead atoms. The van der Waals surface area contributed by atoms with E-state index in [0.717, 1.165) is 16.6 Å². The minimum absolute atomic E-state index is 0.0839. The maximum atomic E-state index is 11.3. The SMILES string of the molecule is C=Cc1ccc(C=C(CNC(C)=O)B2OC(C)(C)C(C)(C)O2)cc1. The molecule has 0 aromatic heterocycles. The zero-order valence-electron chi connectivity index (χ0n) is 15.2. The number of nitrogens with one attached hydrogen (secondary N) is 1. The van der Waals surface area contributed by atoms with E-state index in [9.17, 15) is 4.79 Å². The molecule has 5 heteroatoms. The molecule has 1 heterocycles. The molecule has 0 atom stereocenters. The van der Waals surface area contributed by atoms with Crippen LogP contribution in [0.3, 0.4) is 0 Å². The summed E-state index contributed by atoms with van der Waals surface area (Å²) in [5.41, 5.74) is 2.14. The first-order valence-electron chi connectivity index (χ1n) is 8.18. The number of carbonyl (C=O) groups excluding carboxylic acids is 1. The molecular weight excluding hydrogens is 301 g/mol. The van der Waals surface area contributed by atoms with Gasteiger partial charge in [-0.15, -0.1) is 0 Å². The van der Waals surface area contributed by atoms with Crippen molar-refractivity contribution < 1.29 is 14.1 Å². The van der Waals surface area contributed by atoms with Crippen LogP contribution in [0.4, 0.5) is 0 Å². The van der Waals surface area contributed by atoms with Crippen molar-refractivity contribution in [3.63, 3.8) is 0 Å². The molecule has 4 nitrogen and oxygen atoms in total. The van der Waals surface area contributed by atoms with Gasteiger partial charge in [0, 0.05) is 13.5 Å². The third-order valence-electron chi connectivity index (χ3n) is 4.62. The summed E-state index contributed by atoms with van der Waals surface area (Å²) < 4.78 is 12.2. The summed E-state index contributed by atoms with van der Waals surface area (Å²) in [6.07, 6.45) is 3.81. The lowest BCUT2D eigenvalue weighted by molar-refractivity contribution is -0.118. The standard InChI is InChI=1S/C19H26BNO3/c1-7-15-8-10-16(11-9-15)12-17(13-21-14(2)22)20-23-18(3,4)19(5,6)24-20/h7-12H,1,13H2,2-6H3,(H,21,22). The Morgan fingerprint density at radius 1 is 1.12 bits per heavy atom. The molecule has 1 aromatic rings. The van der Waals surface area contributed by atoms with Gasteiger partial charge in [-0.2, -0.15) is 0 Å². The zero-order valence-corrected chi connectivity index (χ0v) is 15.2. The Labute approximate surface area is 145 Å². The van der Waals surface area contributed by atoms with Gasteiger partial charge in [0.05, 0.1) is 11.2 Å². The van der Waals surface area contributed by atoms with E-state index in [0.29, 0.717) is 6.54 Å². The molecule has 0 aliphatic carbocycles. The highest BCUT2D eigenvalue weighted by Crippen LogP contribution is 2.38. The van der Waals surface area contributed by atoms with E-state index in [1.165, 1.54) is 6.92 Å². The summed E-state index contributed by atoms with van der Waals surface area (Å²) in [5, 5.41) is 2.84. The van der Waals surface area contributed by atoms with Crippen LogP contribution < -0.4 is 5.32 Å². The normalized spacial score (nSPS) is 19.2. The van der Waals surface area contributed by atoms with Crippen molar-refractivity contribution in [1.82, 2.24) is 5.32 Å². The second kappa shape index (κ2) is 6.95. The zero-order chi connectivity index (χ0) is 18.0. The summed E-state index contributed by atoms with van der Waals surface area (Å²) in [4.78, 5) is 11.3. The van der Waals surface area contributed by atoms with Crippen LogP contribution >= 0.6 is 0 Å². The quantitative estimate of drug-likeness (QED) is 0.842. The predicted molar refractivity (Wildman–Crippen MR) is 99.3 cm³/mol. The lowest BCUT2D eigenvalue weighted by atomic mass is 9.77. The van der Waals surface area contributed by atoms with E-state index in [1.807, 2.05) is 58.0 Å². The first kappa shape index (κ1) is 18.5. The van der Waals surface area contributed by atoms with Gasteiger partial charge in [-0.05, 0) is 44.3 Å². The topological polar surface area (TPSA) is 47.6 Å². The number of amides is 1. The molecule has 0 unspecified atom stereocenters. The summed E-state index contributed by atoms with van der Waals surface area (Å²) in [7, 11) is -0.485. The van der Waals surface area contributed by atoms with E-state index >= 15 is 0 Å². The maximum Gasteiger partial charge on any atom is 0.492 e. The maximum absolute atomic E-state index is 11.3.